The van der Waals surface area contributed by atoms with Gasteiger partial charge in [0.15, 0.2) is 5.96 Å². The van der Waals surface area contributed by atoms with Crippen LogP contribution in [0.3, 0.4) is 0 Å². The van der Waals surface area contributed by atoms with Crippen molar-refractivity contribution in [1.82, 2.24) is 20.2 Å². The number of hydrogen-bond acceptors (Lipinski definition) is 2. The molecule has 0 bridgehead atoms. The zero-order valence-electron chi connectivity index (χ0n) is 13.7. The smallest absolute Gasteiger partial charge is 0.191 e. The second-order valence-corrected chi connectivity index (χ2v) is 6.15. The zero-order valence-corrected chi connectivity index (χ0v) is 13.7. The van der Waals surface area contributed by atoms with Crippen LogP contribution in [0.5, 0.6) is 0 Å². The molecule has 2 aromatic rings. The highest BCUT2D eigenvalue weighted by atomic mass is 15.2. The SMILES string of the molecule is CN=C(NCCn1ccnc1)NCC1(c2ccccc2)CCC1. The lowest BCUT2D eigenvalue weighted by Crippen LogP contribution is -2.49. The molecule has 1 aliphatic carbocycles. The van der Waals surface area contributed by atoms with E-state index >= 15 is 0 Å². The van der Waals surface area contributed by atoms with E-state index in [0.717, 1.165) is 25.6 Å². The first-order valence-corrected chi connectivity index (χ1v) is 8.28. The highest BCUT2D eigenvalue weighted by Gasteiger charge is 2.38. The first kappa shape index (κ1) is 15.6. The Morgan fingerprint density at radius 3 is 2.70 bits per heavy atom. The molecule has 0 spiro atoms. The largest absolute Gasteiger partial charge is 0.356 e. The number of aromatic nitrogens is 2. The summed E-state index contributed by atoms with van der Waals surface area (Å²) in [5.41, 5.74) is 1.70. The van der Waals surface area contributed by atoms with Crippen LogP contribution in [-0.2, 0) is 12.0 Å². The predicted molar refractivity (Wildman–Crippen MR) is 93.6 cm³/mol. The molecule has 1 saturated carbocycles. The number of hydrogen-bond donors (Lipinski definition) is 2. The molecule has 0 radical (unpaired) electrons. The van der Waals surface area contributed by atoms with Gasteiger partial charge in [-0.05, 0) is 18.4 Å². The zero-order chi connectivity index (χ0) is 16.0. The van der Waals surface area contributed by atoms with E-state index in [1.54, 1.807) is 6.20 Å². The average Bonchev–Trinajstić information content (AvgIpc) is 3.06. The van der Waals surface area contributed by atoms with Gasteiger partial charge in [0.05, 0.1) is 6.33 Å². The minimum atomic E-state index is 0.267. The number of aliphatic imine (C=N–C) groups is 1. The molecule has 122 valence electrons. The van der Waals surface area contributed by atoms with Crippen LogP contribution >= 0.6 is 0 Å². The molecule has 0 unspecified atom stereocenters. The van der Waals surface area contributed by atoms with Crippen LogP contribution in [0.15, 0.2) is 54.0 Å². The number of guanidine groups is 1. The quantitative estimate of drug-likeness (QED) is 0.635. The number of nitrogens with one attached hydrogen (secondary N) is 2. The van der Waals surface area contributed by atoms with Gasteiger partial charge in [-0.25, -0.2) is 4.98 Å². The van der Waals surface area contributed by atoms with Crippen molar-refractivity contribution in [2.45, 2.75) is 31.2 Å². The van der Waals surface area contributed by atoms with Crippen molar-refractivity contribution in [2.24, 2.45) is 4.99 Å². The normalized spacial score (nSPS) is 16.7. The molecule has 5 heteroatoms. The van der Waals surface area contributed by atoms with E-state index in [1.165, 1.54) is 24.8 Å². The van der Waals surface area contributed by atoms with Crippen LogP contribution in [0.1, 0.15) is 24.8 Å². The molecule has 3 rings (SSSR count). The molecule has 5 nitrogen and oxygen atoms in total. The fourth-order valence-electron chi connectivity index (χ4n) is 3.16. The van der Waals surface area contributed by atoms with Gasteiger partial charge in [-0.2, -0.15) is 0 Å². The molecule has 1 fully saturated rings. The Morgan fingerprint density at radius 2 is 2.09 bits per heavy atom. The van der Waals surface area contributed by atoms with Crippen molar-refractivity contribution in [3.63, 3.8) is 0 Å². The second kappa shape index (κ2) is 7.31. The summed E-state index contributed by atoms with van der Waals surface area (Å²) in [5, 5.41) is 6.87. The van der Waals surface area contributed by atoms with E-state index in [4.69, 9.17) is 0 Å². The summed E-state index contributed by atoms with van der Waals surface area (Å²) in [6.45, 7) is 2.64. The van der Waals surface area contributed by atoms with Crippen molar-refractivity contribution in [3.8, 4) is 0 Å². The third-order valence-corrected chi connectivity index (χ3v) is 4.74. The van der Waals surface area contributed by atoms with Gasteiger partial charge in [0, 0.05) is 44.5 Å². The summed E-state index contributed by atoms with van der Waals surface area (Å²) in [5.74, 6) is 0.868. The second-order valence-electron chi connectivity index (χ2n) is 6.15. The Labute approximate surface area is 137 Å². The number of rotatable bonds is 6. The highest BCUT2D eigenvalue weighted by Crippen LogP contribution is 2.43. The molecule has 0 aliphatic heterocycles. The summed E-state index contributed by atoms with van der Waals surface area (Å²) in [7, 11) is 1.82. The van der Waals surface area contributed by atoms with E-state index < -0.39 is 0 Å². The summed E-state index contributed by atoms with van der Waals surface area (Å²) in [4.78, 5) is 8.38. The van der Waals surface area contributed by atoms with Gasteiger partial charge >= 0.3 is 0 Å². The number of imidazole rings is 1. The van der Waals surface area contributed by atoms with Crippen molar-refractivity contribution in [3.05, 3.63) is 54.6 Å². The van der Waals surface area contributed by atoms with Gasteiger partial charge in [-0.3, -0.25) is 4.99 Å². The van der Waals surface area contributed by atoms with Crippen molar-refractivity contribution >= 4 is 5.96 Å². The average molecular weight is 311 g/mol. The fourth-order valence-corrected chi connectivity index (χ4v) is 3.16. The first-order chi connectivity index (χ1) is 11.3. The molecule has 1 aromatic carbocycles. The van der Waals surface area contributed by atoms with Crippen LogP contribution in [0.25, 0.3) is 0 Å². The topological polar surface area (TPSA) is 54.2 Å². The molecular weight excluding hydrogens is 286 g/mol. The van der Waals surface area contributed by atoms with Crippen LogP contribution < -0.4 is 10.6 Å². The Balaban J connectivity index is 1.51. The lowest BCUT2D eigenvalue weighted by atomic mass is 9.64. The summed E-state index contributed by atoms with van der Waals surface area (Å²) in [6, 6.07) is 10.8. The Hall–Kier alpha value is -2.30. The van der Waals surface area contributed by atoms with Crippen LogP contribution in [-0.4, -0.2) is 35.6 Å². The van der Waals surface area contributed by atoms with Gasteiger partial charge in [0.25, 0.3) is 0 Å². The minimum Gasteiger partial charge on any atom is -0.356 e. The maximum Gasteiger partial charge on any atom is 0.191 e. The molecule has 0 saturated heterocycles. The number of nitrogens with zero attached hydrogens (tertiary/aromatic N) is 3. The minimum absolute atomic E-state index is 0.267. The standard InChI is InChI=1S/C18H25N5/c1-19-17(21-11-13-23-12-10-20-15-23)22-14-18(8-5-9-18)16-6-3-2-4-7-16/h2-4,6-7,10,12,15H,5,8-9,11,13-14H2,1H3,(H2,19,21,22). The Bertz CT molecular complexity index is 614. The molecule has 0 amide bonds. The monoisotopic (exact) mass is 311 g/mol. The molecule has 1 aliphatic rings. The third kappa shape index (κ3) is 3.73. The van der Waals surface area contributed by atoms with Crippen LogP contribution in [0.2, 0.25) is 0 Å². The Kier molecular flexibility index (Phi) is 4.95. The Morgan fingerprint density at radius 1 is 1.26 bits per heavy atom. The predicted octanol–water partition coefficient (Wildman–Crippen LogP) is 2.17. The van der Waals surface area contributed by atoms with Gasteiger partial charge in [0.1, 0.15) is 0 Å². The van der Waals surface area contributed by atoms with Gasteiger partial charge in [-0.1, -0.05) is 36.8 Å². The molecule has 0 atom stereocenters. The van der Waals surface area contributed by atoms with Gasteiger partial charge in [-0.15, -0.1) is 0 Å². The molecular formula is C18H25N5. The van der Waals surface area contributed by atoms with Crippen molar-refractivity contribution < 1.29 is 0 Å². The summed E-state index contributed by atoms with van der Waals surface area (Å²) < 4.78 is 2.05. The van der Waals surface area contributed by atoms with Crippen molar-refractivity contribution in [2.75, 3.05) is 20.1 Å². The van der Waals surface area contributed by atoms with Crippen molar-refractivity contribution in [1.29, 1.82) is 0 Å². The maximum absolute atomic E-state index is 4.33. The molecule has 2 N–H and O–H groups in total. The van der Waals surface area contributed by atoms with E-state index in [9.17, 15) is 0 Å². The van der Waals surface area contributed by atoms with Gasteiger partial charge < -0.3 is 15.2 Å². The van der Waals surface area contributed by atoms with Crippen LogP contribution in [0, 0.1) is 0 Å². The summed E-state index contributed by atoms with van der Waals surface area (Å²) >= 11 is 0. The molecule has 23 heavy (non-hydrogen) atoms. The van der Waals surface area contributed by atoms with E-state index in [2.05, 4.69) is 55.5 Å². The fraction of sp³-hybridized carbons (Fsp3) is 0.444. The van der Waals surface area contributed by atoms with E-state index in [0.29, 0.717) is 0 Å². The van der Waals surface area contributed by atoms with E-state index in [-0.39, 0.29) is 5.41 Å². The molecule has 1 aromatic heterocycles. The summed E-state index contributed by atoms with van der Waals surface area (Å²) in [6.07, 6.45) is 9.40. The van der Waals surface area contributed by atoms with Crippen LogP contribution in [0.4, 0.5) is 0 Å². The lowest BCUT2D eigenvalue weighted by molar-refractivity contribution is 0.244. The highest BCUT2D eigenvalue weighted by molar-refractivity contribution is 5.79. The maximum atomic E-state index is 4.33. The number of benzene rings is 1. The molecule has 1 heterocycles. The van der Waals surface area contributed by atoms with E-state index in [1.807, 2.05) is 19.6 Å². The third-order valence-electron chi connectivity index (χ3n) is 4.74. The first-order valence-electron chi connectivity index (χ1n) is 8.28. The lowest BCUT2D eigenvalue weighted by Gasteiger charge is -2.43. The van der Waals surface area contributed by atoms with Gasteiger partial charge in [0.2, 0.25) is 0 Å².